The number of benzene rings is 6. The smallest absolute Gasteiger partial charge is 0.0352 e. The van der Waals surface area contributed by atoms with Crippen molar-refractivity contribution in [3.05, 3.63) is 178 Å². The predicted molar refractivity (Wildman–Crippen MR) is 203 cm³/mol. The van der Waals surface area contributed by atoms with Gasteiger partial charge in [-0.3, -0.25) is 0 Å². The van der Waals surface area contributed by atoms with Gasteiger partial charge in [0.25, 0.3) is 0 Å². The van der Waals surface area contributed by atoms with Crippen LogP contribution >= 0.6 is 0 Å². The molecule has 0 saturated heterocycles. The Kier molecular flexibility index (Phi) is 7.85. The van der Waals surface area contributed by atoms with Gasteiger partial charge in [-0.25, -0.2) is 0 Å². The minimum atomic E-state index is 0.0802. The molecule has 0 heteroatoms. The van der Waals surface area contributed by atoms with Gasteiger partial charge >= 0.3 is 0 Å². The molecule has 0 aliphatic heterocycles. The van der Waals surface area contributed by atoms with Crippen molar-refractivity contribution >= 4 is 12.2 Å². The molecule has 6 aromatic rings. The first kappa shape index (κ1) is 30.7. The van der Waals surface area contributed by atoms with Crippen molar-refractivity contribution in [2.75, 3.05) is 0 Å². The second-order valence-electron chi connectivity index (χ2n) is 15.1. The first-order chi connectivity index (χ1) is 22.5. The molecule has 1 aliphatic rings. The molecule has 1 atom stereocenters. The van der Waals surface area contributed by atoms with E-state index in [4.69, 9.17) is 0 Å². The third-order valence-corrected chi connectivity index (χ3v) is 9.68. The Balaban J connectivity index is 1.17. The maximum Gasteiger partial charge on any atom is 0.0352 e. The lowest BCUT2D eigenvalue weighted by atomic mass is 9.77. The Morgan fingerprint density at radius 3 is 1.47 bits per heavy atom. The Hall–Kier alpha value is -4.94. The van der Waals surface area contributed by atoms with Crippen LogP contribution in [-0.4, -0.2) is 0 Å². The van der Waals surface area contributed by atoms with Crippen LogP contribution in [0.1, 0.15) is 86.4 Å². The summed E-state index contributed by atoms with van der Waals surface area (Å²) in [6.45, 7) is 13.9. The first-order valence-corrected chi connectivity index (χ1v) is 16.9. The van der Waals surface area contributed by atoms with Crippen molar-refractivity contribution in [2.24, 2.45) is 0 Å². The van der Waals surface area contributed by atoms with Crippen LogP contribution in [0, 0.1) is 0 Å². The van der Waals surface area contributed by atoms with Crippen LogP contribution in [0.2, 0.25) is 0 Å². The molecule has 0 fully saturated rings. The normalized spacial score (nSPS) is 14.3. The zero-order valence-electron chi connectivity index (χ0n) is 28.5. The molecule has 47 heavy (non-hydrogen) atoms. The fraction of sp³-hybridized carbons (Fsp3) is 0.191. The second kappa shape index (κ2) is 12.0. The number of hydrogen-bond donors (Lipinski definition) is 0. The van der Waals surface area contributed by atoms with Crippen LogP contribution in [-0.2, 0) is 10.8 Å². The highest BCUT2D eigenvalue weighted by molar-refractivity contribution is 5.84. The molecule has 0 spiro atoms. The quantitative estimate of drug-likeness (QED) is 0.171. The summed E-state index contributed by atoms with van der Waals surface area (Å²) in [6.07, 6.45) is 4.47. The highest BCUT2D eigenvalue weighted by atomic mass is 14.3. The molecule has 232 valence electrons. The molecule has 0 N–H and O–H groups in total. The van der Waals surface area contributed by atoms with E-state index in [0.29, 0.717) is 0 Å². The van der Waals surface area contributed by atoms with E-state index in [2.05, 4.69) is 193 Å². The van der Waals surface area contributed by atoms with Crippen LogP contribution in [0.4, 0.5) is 0 Å². The zero-order chi connectivity index (χ0) is 32.8. The molecule has 0 amide bonds. The minimum absolute atomic E-state index is 0.0802. The molecular weight excluding hydrogens is 565 g/mol. The van der Waals surface area contributed by atoms with Gasteiger partial charge in [-0.05, 0) is 89.2 Å². The Morgan fingerprint density at radius 1 is 0.404 bits per heavy atom. The van der Waals surface area contributed by atoms with E-state index in [1.165, 1.54) is 72.3 Å². The first-order valence-electron chi connectivity index (χ1n) is 16.9. The molecular formula is C47H44. The molecule has 1 unspecified atom stereocenters. The number of rotatable bonds is 5. The van der Waals surface area contributed by atoms with Crippen molar-refractivity contribution in [1.82, 2.24) is 0 Å². The zero-order valence-corrected chi connectivity index (χ0v) is 28.5. The van der Waals surface area contributed by atoms with Gasteiger partial charge in [0.05, 0.1) is 0 Å². The second-order valence-corrected chi connectivity index (χ2v) is 15.1. The van der Waals surface area contributed by atoms with Crippen LogP contribution < -0.4 is 0 Å². The highest BCUT2D eigenvalue weighted by Crippen LogP contribution is 2.49. The summed E-state index contributed by atoms with van der Waals surface area (Å²) in [5.74, 6) is 0.233. The van der Waals surface area contributed by atoms with E-state index in [0.717, 1.165) is 0 Å². The lowest BCUT2D eigenvalue weighted by molar-refractivity contribution is 0.566. The SMILES string of the molecule is CC(C)(C)c1cc(C2c3ccccc3-c3cc(/C=C/c4ccc(-c5ccc(-c6ccccc6)cc5)cc4)ccc32)cc(C(C)(C)C)c1. The molecule has 0 aromatic heterocycles. The fourth-order valence-corrected chi connectivity index (χ4v) is 6.83. The van der Waals surface area contributed by atoms with Gasteiger partial charge in [0.1, 0.15) is 0 Å². The largest absolute Gasteiger partial charge is 0.0622 e. The van der Waals surface area contributed by atoms with Crippen molar-refractivity contribution in [3.8, 4) is 33.4 Å². The molecule has 1 aliphatic carbocycles. The van der Waals surface area contributed by atoms with Crippen LogP contribution in [0.25, 0.3) is 45.5 Å². The lowest BCUT2D eigenvalue weighted by Gasteiger charge is -2.28. The van der Waals surface area contributed by atoms with E-state index in [1.807, 2.05) is 0 Å². The topological polar surface area (TPSA) is 0 Å². The molecule has 0 radical (unpaired) electrons. The van der Waals surface area contributed by atoms with Gasteiger partial charge in [0.15, 0.2) is 0 Å². The third-order valence-electron chi connectivity index (χ3n) is 9.68. The van der Waals surface area contributed by atoms with Gasteiger partial charge in [-0.1, -0.05) is 187 Å². The summed E-state index contributed by atoms with van der Waals surface area (Å²) in [7, 11) is 0. The standard InChI is InChI=1S/C47H44/c1-46(2,3)39-29-38(30-40(31-39)47(4,5)6)45-42-15-11-10-14-41(42)44-28-33(20-27-43(44)45)17-16-32-18-21-35(22-19-32)37-25-23-36(24-26-37)34-12-8-7-9-13-34/h7-31,45H,1-6H3/b17-16+. The van der Waals surface area contributed by atoms with Crippen LogP contribution in [0.5, 0.6) is 0 Å². The van der Waals surface area contributed by atoms with Gasteiger partial charge in [0.2, 0.25) is 0 Å². The fourth-order valence-electron chi connectivity index (χ4n) is 6.83. The summed E-state index contributed by atoms with van der Waals surface area (Å²) in [6, 6.07) is 51.6. The molecule has 6 aromatic carbocycles. The molecule has 0 bridgehead atoms. The Bertz CT molecular complexity index is 2030. The van der Waals surface area contributed by atoms with Gasteiger partial charge in [-0.2, -0.15) is 0 Å². The van der Waals surface area contributed by atoms with Crippen molar-refractivity contribution in [2.45, 2.75) is 58.3 Å². The highest BCUT2D eigenvalue weighted by Gasteiger charge is 2.31. The minimum Gasteiger partial charge on any atom is -0.0622 e. The van der Waals surface area contributed by atoms with E-state index < -0.39 is 0 Å². The average Bonchev–Trinajstić information content (AvgIpc) is 3.41. The van der Waals surface area contributed by atoms with E-state index in [-0.39, 0.29) is 16.7 Å². The number of hydrogen-bond acceptors (Lipinski definition) is 0. The predicted octanol–water partition coefficient (Wildman–Crippen LogP) is 12.9. The monoisotopic (exact) mass is 608 g/mol. The van der Waals surface area contributed by atoms with Gasteiger partial charge < -0.3 is 0 Å². The van der Waals surface area contributed by atoms with Crippen LogP contribution in [0.3, 0.4) is 0 Å². The Labute approximate surface area is 281 Å². The molecule has 0 saturated carbocycles. The average molecular weight is 609 g/mol. The summed E-state index contributed by atoms with van der Waals surface area (Å²) in [5.41, 5.74) is 17.2. The van der Waals surface area contributed by atoms with Gasteiger partial charge in [-0.15, -0.1) is 0 Å². The maximum absolute atomic E-state index is 2.46. The summed E-state index contributed by atoms with van der Waals surface area (Å²) >= 11 is 0. The summed E-state index contributed by atoms with van der Waals surface area (Å²) < 4.78 is 0. The van der Waals surface area contributed by atoms with Crippen LogP contribution in [0.15, 0.2) is 140 Å². The number of fused-ring (bicyclic) bond motifs is 3. The summed E-state index contributed by atoms with van der Waals surface area (Å²) in [4.78, 5) is 0. The Morgan fingerprint density at radius 2 is 0.872 bits per heavy atom. The molecule has 0 heterocycles. The van der Waals surface area contributed by atoms with Crippen molar-refractivity contribution < 1.29 is 0 Å². The summed E-state index contributed by atoms with van der Waals surface area (Å²) in [5, 5.41) is 0. The van der Waals surface area contributed by atoms with E-state index >= 15 is 0 Å². The van der Waals surface area contributed by atoms with E-state index in [1.54, 1.807) is 0 Å². The van der Waals surface area contributed by atoms with Crippen molar-refractivity contribution in [3.63, 3.8) is 0 Å². The third kappa shape index (κ3) is 6.26. The van der Waals surface area contributed by atoms with Gasteiger partial charge in [0, 0.05) is 5.92 Å². The van der Waals surface area contributed by atoms with E-state index in [9.17, 15) is 0 Å². The molecule has 0 nitrogen and oxygen atoms in total. The maximum atomic E-state index is 2.46. The van der Waals surface area contributed by atoms with Crippen molar-refractivity contribution in [1.29, 1.82) is 0 Å². The lowest BCUT2D eigenvalue weighted by Crippen LogP contribution is -2.18. The molecule has 7 rings (SSSR count).